The minimum Gasteiger partial charge on any atom is -0.496 e. The Morgan fingerprint density at radius 3 is 2.40 bits per heavy atom. The first-order valence-corrected chi connectivity index (χ1v) is 8.02. The summed E-state index contributed by atoms with van der Waals surface area (Å²) in [5.74, 6) is 0.692. The third kappa shape index (κ3) is 3.13. The van der Waals surface area contributed by atoms with Gasteiger partial charge in [-0.15, -0.1) is 0 Å². The normalized spacial score (nSPS) is 10.4. The fraction of sp³-hybridized carbons (Fsp3) is 0.188. The fourth-order valence-electron chi connectivity index (χ4n) is 1.92. The predicted molar refractivity (Wildman–Crippen MR) is 87.9 cm³/mol. The summed E-state index contributed by atoms with van der Waals surface area (Å²) in [6.45, 7) is 2.00. The van der Waals surface area contributed by atoms with Crippen molar-refractivity contribution in [3.05, 3.63) is 63.1 Å². The molecule has 0 saturated heterocycles. The molecule has 0 fully saturated rings. The molecule has 2 rings (SSSR count). The predicted octanol–water partition coefficient (Wildman–Crippen LogP) is 4.89. The summed E-state index contributed by atoms with van der Waals surface area (Å²) in [6.07, 6.45) is 0. The molecule has 0 aliphatic carbocycles. The van der Waals surface area contributed by atoms with Crippen LogP contribution in [0, 0.1) is 6.92 Å². The second-order valence-corrected chi connectivity index (χ2v) is 5.89. The molecule has 4 heteroatoms. The average Bonchev–Trinajstić information content (AvgIpc) is 2.47. The first-order valence-electron chi connectivity index (χ1n) is 6.10. The summed E-state index contributed by atoms with van der Waals surface area (Å²) < 4.78 is 6.11. The zero-order chi connectivity index (χ0) is 14.7. The van der Waals surface area contributed by atoms with Crippen LogP contribution in [0.4, 0.5) is 0 Å². The van der Waals surface area contributed by atoms with Crippen molar-refractivity contribution in [1.29, 1.82) is 0 Å². The maximum atomic E-state index is 12.5. The molecule has 0 aliphatic rings. The van der Waals surface area contributed by atoms with Gasteiger partial charge in [-0.2, -0.15) is 0 Å². The van der Waals surface area contributed by atoms with Crippen LogP contribution in [0.3, 0.4) is 0 Å². The van der Waals surface area contributed by atoms with E-state index in [9.17, 15) is 4.79 Å². The largest absolute Gasteiger partial charge is 0.496 e. The summed E-state index contributed by atoms with van der Waals surface area (Å²) in [7, 11) is 1.61. The summed E-state index contributed by atoms with van der Waals surface area (Å²) in [5, 5.41) is 0.674. The third-order valence-electron chi connectivity index (χ3n) is 3.07. The maximum absolute atomic E-state index is 12.5. The van der Waals surface area contributed by atoms with E-state index in [0.29, 0.717) is 22.2 Å². The van der Waals surface area contributed by atoms with Crippen molar-refractivity contribution >= 4 is 37.6 Å². The number of methoxy groups -OCH3 is 1. The number of ether oxygens (including phenoxy) is 1. The van der Waals surface area contributed by atoms with E-state index in [4.69, 9.17) is 4.74 Å². The number of hydrogen-bond acceptors (Lipinski definition) is 2. The summed E-state index contributed by atoms with van der Waals surface area (Å²) >= 11 is 6.88. The molecule has 0 N–H and O–H groups in total. The lowest BCUT2D eigenvalue weighted by molar-refractivity contribution is 0.103. The van der Waals surface area contributed by atoms with Crippen molar-refractivity contribution in [3.63, 3.8) is 0 Å². The lowest BCUT2D eigenvalue weighted by atomic mass is 10.0. The molecule has 2 aromatic rings. The van der Waals surface area contributed by atoms with Crippen LogP contribution in [-0.4, -0.2) is 12.9 Å². The number of aryl methyl sites for hydroxylation is 1. The summed E-state index contributed by atoms with van der Waals surface area (Å²) in [6, 6.07) is 11.2. The first-order chi connectivity index (χ1) is 9.56. The number of benzene rings is 2. The Kier molecular flexibility index (Phi) is 5.00. The molecule has 0 radical (unpaired) electrons. The summed E-state index contributed by atoms with van der Waals surface area (Å²) in [4.78, 5) is 12.5. The standard InChI is InChI=1S/C16H14Br2O2/c1-10-3-5-11(6-4-10)16(19)13-8-15(20-2)12(9-17)7-14(13)18/h3-8H,9H2,1-2H3. The molecule has 0 saturated carbocycles. The molecule has 0 spiro atoms. The second kappa shape index (κ2) is 6.55. The lowest BCUT2D eigenvalue weighted by Crippen LogP contribution is -2.04. The van der Waals surface area contributed by atoms with E-state index in [0.717, 1.165) is 15.6 Å². The highest BCUT2D eigenvalue weighted by Crippen LogP contribution is 2.30. The molecular formula is C16H14Br2O2. The number of rotatable bonds is 4. The van der Waals surface area contributed by atoms with Gasteiger partial charge >= 0.3 is 0 Å². The molecular weight excluding hydrogens is 384 g/mol. The van der Waals surface area contributed by atoms with Crippen molar-refractivity contribution in [2.45, 2.75) is 12.3 Å². The Morgan fingerprint density at radius 1 is 1.20 bits per heavy atom. The van der Waals surface area contributed by atoms with Crippen molar-refractivity contribution in [1.82, 2.24) is 0 Å². The van der Waals surface area contributed by atoms with Crippen LogP contribution >= 0.6 is 31.9 Å². The zero-order valence-corrected chi connectivity index (χ0v) is 14.4. The van der Waals surface area contributed by atoms with E-state index < -0.39 is 0 Å². The van der Waals surface area contributed by atoms with Crippen molar-refractivity contribution in [2.75, 3.05) is 7.11 Å². The third-order valence-corrected chi connectivity index (χ3v) is 4.33. The molecule has 0 unspecified atom stereocenters. The minimum absolute atomic E-state index is 0.0173. The van der Waals surface area contributed by atoms with Crippen molar-refractivity contribution in [3.8, 4) is 5.75 Å². The average molecular weight is 398 g/mol. The monoisotopic (exact) mass is 396 g/mol. The van der Waals surface area contributed by atoms with Gasteiger partial charge in [-0.25, -0.2) is 0 Å². The van der Waals surface area contributed by atoms with Crippen LogP contribution in [0.1, 0.15) is 27.0 Å². The number of carbonyl (C=O) groups is 1. The lowest BCUT2D eigenvalue weighted by Gasteiger charge is -2.11. The fourth-order valence-corrected chi connectivity index (χ4v) is 2.93. The number of ketones is 1. The quantitative estimate of drug-likeness (QED) is 0.542. The van der Waals surface area contributed by atoms with Gasteiger partial charge in [0.25, 0.3) is 0 Å². The zero-order valence-electron chi connectivity index (χ0n) is 11.2. The molecule has 0 atom stereocenters. The van der Waals surface area contributed by atoms with E-state index in [1.165, 1.54) is 0 Å². The number of carbonyl (C=O) groups excluding carboxylic acids is 1. The topological polar surface area (TPSA) is 26.3 Å². The van der Waals surface area contributed by atoms with Crippen LogP contribution < -0.4 is 4.74 Å². The molecule has 0 bridgehead atoms. The van der Waals surface area contributed by atoms with Gasteiger partial charge in [0.05, 0.1) is 7.11 Å². The molecule has 2 aromatic carbocycles. The van der Waals surface area contributed by atoms with Crippen molar-refractivity contribution in [2.24, 2.45) is 0 Å². The number of halogens is 2. The van der Waals surface area contributed by atoms with E-state index in [2.05, 4.69) is 31.9 Å². The SMILES string of the molecule is COc1cc(C(=O)c2ccc(C)cc2)c(Br)cc1CBr. The van der Waals surface area contributed by atoms with Gasteiger partial charge in [0.15, 0.2) is 5.78 Å². The Hall–Kier alpha value is -1.13. The van der Waals surface area contributed by atoms with E-state index in [1.807, 2.05) is 37.3 Å². The highest BCUT2D eigenvalue weighted by molar-refractivity contribution is 9.10. The number of hydrogen-bond donors (Lipinski definition) is 0. The van der Waals surface area contributed by atoms with E-state index >= 15 is 0 Å². The van der Waals surface area contributed by atoms with Gasteiger partial charge in [-0.1, -0.05) is 61.7 Å². The van der Waals surface area contributed by atoms with E-state index in [1.54, 1.807) is 13.2 Å². The Bertz CT molecular complexity index is 634. The molecule has 0 aliphatic heterocycles. The second-order valence-electron chi connectivity index (χ2n) is 4.47. The Morgan fingerprint density at radius 2 is 1.85 bits per heavy atom. The van der Waals surface area contributed by atoms with Crippen LogP contribution in [-0.2, 0) is 5.33 Å². The van der Waals surface area contributed by atoms with Crippen LogP contribution in [0.15, 0.2) is 40.9 Å². The molecule has 104 valence electrons. The van der Waals surface area contributed by atoms with Gasteiger partial charge < -0.3 is 4.74 Å². The molecule has 20 heavy (non-hydrogen) atoms. The van der Waals surface area contributed by atoms with E-state index in [-0.39, 0.29) is 5.78 Å². The van der Waals surface area contributed by atoms with Gasteiger partial charge in [0.1, 0.15) is 5.75 Å². The van der Waals surface area contributed by atoms with Gasteiger partial charge in [0.2, 0.25) is 0 Å². The Labute approximate surface area is 135 Å². The highest BCUT2D eigenvalue weighted by atomic mass is 79.9. The van der Waals surface area contributed by atoms with Crippen LogP contribution in [0.5, 0.6) is 5.75 Å². The number of alkyl halides is 1. The Balaban J connectivity index is 2.46. The molecule has 0 heterocycles. The smallest absolute Gasteiger partial charge is 0.194 e. The van der Waals surface area contributed by atoms with Crippen LogP contribution in [0.25, 0.3) is 0 Å². The highest BCUT2D eigenvalue weighted by Gasteiger charge is 2.16. The van der Waals surface area contributed by atoms with Gasteiger partial charge in [-0.3, -0.25) is 4.79 Å². The molecule has 2 nitrogen and oxygen atoms in total. The van der Waals surface area contributed by atoms with Crippen LogP contribution in [0.2, 0.25) is 0 Å². The maximum Gasteiger partial charge on any atom is 0.194 e. The van der Waals surface area contributed by atoms with Crippen molar-refractivity contribution < 1.29 is 9.53 Å². The first kappa shape index (κ1) is 15.3. The minimum atomic E-state index is -0.0173. The van der Waals surface area contributed by atoms with Gasteiger partial charge in [0, 0.05) is 26.5 Å². The molecule has 0 amide bonds. The van der Waals surface area contributed by atoms with Gasteiger partial charge in [-0.05, 0) is 19.1 Å². The summed E-state index contributed by atoms with van der Waals surface area (Å²) in [5.41, 5.74) is 3.41. The molecule has 0 aromatic heterocycles.